The zero-order valence-electron chi connectivity index (χ0n) is 16.8. The van der Waals surface area contributed by atoms with E-state index < -0.39 is 0 Å². The first kappa shape index (κ1) is 17.8. The Bertz CT molecular complexity index is 1120. The molecule has 1 aromatic carbocycles. The number of aromatic amines is 1. The predicted octanol–water partition coefficient (Wildman–Crippen LogP) is 3.47. The van der Waals surface area contributed by atoms with Crippen molar-refractivity contribution in [3.63, 3.8) is 0 Å². The van der Waals surface area contributed by atoms with Crippen molar-refractivity contribution in [3.8, 4) is 5.75 Å². The van der Waals surface area contributed by atoms with Crippen LogP contribution in [-0.2, 0) is 0 Å². The minimum Gasteiger partial charge on any atom is -0.492 e. The summed E-state index contributed by atoms with van der Waals surface area (Å²) in [6.07, 6.45) is 7.43. The van der Waals surface area contributed by atoms with Gasteiger partial charge in [0, 0.05) is 13.2 Å². The Hall–Kier alpha value is -3.29. The molecule has 8 nitrogen and oxygen atoms in total. The fraction of sp³-hybridized carbons (Fsp3) is 0.381. The number of hydrogen-bond acceptors (Lipinski definition) is 6. The normalized spacial score (nSPS) is 17.5. The Morgan fingerprint density at radius 3 is 2.83 bits per heavy atom. The highest BCUT2D eigenvalue weighted by atomic mass is 16.5. The van der Waals surface area contributed by atoms with Crippen molar-refractivity contribution >= 4 is 34.1 Å². The molecule has 1 saturated carbocycles. The molecule has 1 amide bonds. The van der Waals surface area contributed by atoms with Crippen LogP contribution in [0.4, 0.5) is 17.2 Å². The summed E-state index contributed by atoms with van der Waals surface area (Å²) < 4.78 is 5.85. The first-order chi connectivity index (χ1) is 14.0. The highest BCUT2D eigenvalue weighted by molar-refractivity contribution is 6.07. The number of aryl methyl sites for hydroxylation is 1. The SMILES string of the molecule is COc1c(Nc2ncnc3[nH]ccc23)cc(C)c2c1N(C)C1(CCCC1)NC2=O. The van der Waals surface area contributed by atoms with Crippen molar-refractivity contribution in [2.24, 2.45) is 0 Å². The van der Waals surface area contributed by atoms with Crippen molar-refractivity contribution in [1.82, 2.24) is 20.3 Å². The van der Waals surface area contributed by atoms with Crippen LogP contribution in [0.1, 0.15) is 41.6 Å². The number of rotatable bonds is 3. The minimum atomic E-state index is -0.342. The lowest BCUT2D eigenvalue weighted by atomic mass is 9.94. The van der Waals surface area contributed by atoms with Gasteiger partial charge in [-0.2, -0.15) is 0 Å². The molecule has 3 aromatic rings. The van der Waals surface area contributed by atoms with Gasteiger partial charge in [0.2, 0.25) is 0 Å². The van der Waals surface area contributed by atoms with Crippen LogP contribution < -0.4 is 20.3 Å². The summed E-state index contributed by atoms with van der Waals surface area (Å²) in [5, 5.41) is 7.56. The Kier molecular flexibility index (Phi) is 3.90. The van der Waals surface area contributed by atoms with Crippen molar-refractivity contribution in [2.45, 2.75) is 38.3 Å². The number of fused-ring (bicyclic) bond motifs is 2. The molecule has 5 rings (SSSR count). The van der Waals surface area contributed by atoms with Gasteiger partial charge in [0.25, 0.3) is 5.91 Å². The number of methoxy groups -OCH3 is 1. The highest BCUT2D eigenvalue weighted by Gasteiger charge is 2.46. The van der Waals surface area contributed by atoms with Gasteiger partial charge in [-0.1, -0.05) is 0 Å². The Morgan fingerprint density at radius 1 is 1.28 bits per heavy atom. The topological polar surface area (TPSA) is 95.2 Å². The maximum atomic E-state index is 13.1. The van der Waals surface area contributed by atoms with Crippen LogP contribution in [-0.4, -0.2) is 40.7 Å². The van der Waals surface area contributed by atoms with Gasteiger partial charge >= 0.3 is 0 Å². The van der Waals surface area contributed by atoms with E-state index in [1.165, 1.54) is 6.33 Å². The van der Waals surface area contributed by atoms with Crippen LogP contribution in [0.15, 0.2) is 24.7 Å². The quantitative estimate of drug-likeness (QED) is 0.632. The van der Waals surface area contributed by atoms with E-state index in [4.69, 9.17) is 4.74 Å². The highest BCUT2D eigenvalue weighted by Crippen LogP contribution is 2.48. The Labute approximate surface area is 168 Å². The monoisotopic (exact) mass is 392 g/mol. The average molecular weight is 392 g/mol. The lowest BCUT2D eigenvalue weighted by Gasteiger charge is -2.46. The number of nitrogens with one attached hydrogen (secondary N) is 3. The number of carbonyl (C=O) groups excluding carboxylic acids is 1. The van der Waals surface area contributed by atoms with Crippen LogP contribution in [0.25, 0.3) is 11.0 Å². The van der Waals surface area contributed by atoms with E-state index in [0.29, 0.717) is 17.1 Å². The van der Waals surface area contributed by atoms with E-state index in [-0.39, 0.29) is 11.6 Å². The molecule has 0 saturated heterocycles. The maximum Gasteiger partial charge on any atom is 0.255 e. The second-order valence-corrected chi connectivity index (χ2v) is 7.84. The van der Waals surface area contributed by atoms with Crippen LogP contribution in [0, 0.1) is 6.92 Å². The van der Waals surface area contributed by atoms with Crippen molar-refractivity contribution in [3.05, 3.63) is 35.8 Å². The van der Waals surface area contributed by atoms with Crippen LogP contribution >= 0.6 is 0 Å². The van der Waals surface area contributed by atoms with Crippen molar-refractivity contribution < 1.29 is 9.53 Å². The summed E-state index contributed by atoms with van der Waals surface area (Å²) in [7, 11) is 3.69. The van der Waals surface area contributed by atoms with Gasteiger partial charge in [-0.25, -0.2) is 9.97 Å². The molecule has 3 heterocycles. The van der Waals surface area contributed by atoms with E-state index in [1.54, 1.807) is 7.11 Å². The summed E-state index contributed by atoms with van der Waals surface area (Å²) >= 11 is 0. The lowest BCUT2D eigenvalue weighted by molar-refractivity contribution is 0.0883. The molecule has 0 bridgehead atoms. The van der Waals surface area contributed by atoms with E-state index in [9.17, 15) is 4.79 Å². The molecule has 1 fully saturated rings. The van der Waals surface area contributed by atoms with Gasteiger partial charge in [-0.3, -0.25) is 4.79 Å². The number of aromatic nitrogens is 3. The molecule has 1 aliphatic heterocycles. The number of benzene rings is 1. The van der Waals surface area contributed by atoms with Crippen LogP contribution in [0.3, 0.4) is 0 Å². The van der Waals surface area contributed by atoms with Gasteiger partial charge in [0.15, 0.2) is 5.75 Å². The fourth-order valence-corrected chi connectivity index (χ4v) is 4.78. The number of H-pyrrole nitrogens is 1. The number of carbonyl (C=O) groups is 1. The largest absolute Gasteiger partial charge is 0.492 e. The van der Waals surface area contributed by atoms with E-state index >= 15 is 0 Å². The van der Waals surface area contributed by atoms with E-state index in [0.717, 1.165) is 53.7 Å². The van der Waals surface area contributed by atoms with Gasteiger partial charge in [-0.05, 0) is 50.3 Å². The fourth-order valence-electron chi connectivity index (χ4n) is 4.78. The second kappa shape index (κ2) is 6.37. The number of anilines is 3. The molecule has 2 aliphatic rings. The molecular weight excluding hydrogens is 368 g/mol. The molecule has 0 radical (unpaired) electrons. The Morgan fingerprint density at radius 2 is 2.07 bits per heavy atom. The summed E-state index contributed by atoms with van der Waals surface area (Å²) in [6.45, 7) is 1.95. The predicted molar refractivity (Wildman–Crippen MR) is 112 cm³/mol. The minimum absolute atomic E-state index is 0.0302. The number of amides is 1. The summed E-state index contributed by atoms with van der Waals surface area (Å²) in [5.41, 5.74) is 3.59. The van der Waals surface area contributed by atoms with Crippen molar-refractivity contribution in [2.75, 3.05) is 24.4 Å². The third-order valence-electron chi connectivity index (χ3n) is 6.24. The third-order valence-corrected chi connectivity index (χ3v) is 6.24. The standard InChI is InChI=1S/C21H24N6O2/c1-12-10-14(25-19-13-6-9-22-18(13)23-11-24-19)17(29-3)16-15(12)20(28)26-21(27(16)2)7-4-5-8-21/h6,9-11H,4-5,7-8H2,1-3H3,(H,26,28)(H2,22,23,24,25). The van der Waals surface area contributed by atoms with Gasteiger partial charge in [0.1, 0.15) is 23.5 Å². The number of nitrogens with zero attached hydrogens (tertiary/aromatic N) is 3. The summed E-state index contributed by atoms with van der Waals surface area (Å²) in [4.78, 5) is 27.0. The molecule has 8 heteroatoms. The molecule has 0 atom stereocenters. The smallest absolute Gasteiger partial charge is 0.255 e. The van der Waals surface area contributed by atoms with Crippen LogP contribution in [0.2, 0.25) is 0 Å². The van der Waals surface area contributed by atoms with Gasteiger partial charge in [0.05, 0.1) is 29.4 Å². The first-order valence-electron chi connectivity index (χ1n) is 9.87. The van der Waals surface area contributed by atoms with Gasteiger partial charge in [-0.15, -0.1) is 0 Å². The summed E-state index contributed by atoms with van der Waals surface area (Å²) in [6, 6.07) is 3.88. The molecule has 1 spiro atoms. The first-order valence-corrected chi connectivity index (χ1v) is 9.87. The zero-order valence-corrected chi connectivity index (χ0v) is 16.8. The molecular formula is C21H24N6O2. The van der Waals surface area contributed by atoms with Crippen LogP contribution in [0.5, 0.6) is 5.75 Å². The van der Waals surface area contributed by atoms with Gasteiger partial charge < -0.3 is 25.3 Å². The second-order valence-electron chi connectivity index (χ2n) is 7.84. The maximum absolute atomic E-state index is 13.1. The number of hydrogen-bond donors (Lipinski definition) is 3. The average Bonchev–Trinajstić information content (AvgIpc) is 3.36. The molecule has 150 valence electrons. The zero-order chi connectivity index (χ0) is 20.2. The number of ether oxygens (including phenoxy) is 1. The molecule has 2 aromatic heterocycles. The third kappa shape index (κ3) is 2.55. The molecule has 1 aliphatic carbocycles. The molecule has 0 unspecified atom stereocenters. The molecule has 3 N–H and O–H groups in total. The van der Waals surface area contributed by atoms with E-state index in [1.807, 2.05) is 32.3 Å². The summed E-state index contributed by atoms with van der Waals surface area (Å²) in [5.74, 6) is 1.31. The van der Waals surface area contributed by atoms with Crippen molar-refractivity contribution in [1.29, 1.82) is 0 Å². The molecule has 29 heavy (non-hydrogen) atoms. The Balaban J connectivity index is 1.67. The lowest BCUT2D eigenvalue weighted by Crippen LogP contribution is -2.61. The van der Waals surface area contributed by atoms with E-state index in [2.05, 4.69) is 30.5 Å².